The van der Waals surface area contributed by atoms with E-state index in [1.54, 1.807) is 0 Å². The number of halogens is 2. The number of ether oxygens (including phenoxy) is 1. The molecule has 0 aliphatic carbocycles. The minimum atomic E-state index is -3.84. The topological polar surface area (TPSA) is 114 Å². The lowest BCUT2D eigenvalue weighted by Crippen LogP contribution is -2.29. The molecule has 2 N–H and O–H groups in total. The number of amidine groups is 1. The number of esters is 1. The number of hydrogen-bond donors (Lipinski definition) is 2. The molecule has 1 heterocycles. The molecule has 0 radical (unpaired) electrons. The van der Waals surface area contributed by atoms with Gasteiger partial charge in [-0.3, -0.25) is 19.3 Å². The number of aliphatic imine (C=N–C) groups is 1. The Balaban J connectivity index is 1.56. The molecule has 0 spiro atoms. The van der Waals surface area contributed by atoms with Gasteiger partial charge in [0.1, 0.15) is 11.7 Å². The molecule has 0 bridgehead atoms. The predicted molar refractivity (Wildman–Crippen MR) is 113 cm³/mol. The van der Waals surface area contributed by atoms with Gasteiger partial charge in [-0.2, -0.15) is 0 Å². The van der Waals surface area contributed by atoms with Crippen LogP contribution in [-0.2, 0) is 30.8 Å². The molecule has 0 atom stereocenters. The zero-order valence-corrected chi connectivity index (χ0v) is 17.8. The van der Waals surface area contributed by atoms with Crippen molar-refractivity contribution in [1.82, 2.24) is 4.72 Å². The number of amides is 1. The average Bonchev–Trinajstić information content (AvgIpc) is 3.22. The molecule has 1 aliphatic heterocycles. The van der Waals surface area contributed by atoms with Crippen LogP contribution in [0.15, 0.2) is 52.4 Å². The van der Waals surface area contributed by atoms with E-state index in [0.717, 1.165) is 12.5 Å². The van der Waals surface area contributed by atoms with E-state index >= 15 is 0 Å². The normalized spacial score (nSPS) is 13.4. The summed E-state index contributed by atoms with van der Waals surface area (Å²) in [4.78, 5) is 28.0. The van der Waals surface area contributed by atoms with Crippen LogP contribution in [0.3, 0.4) is 0 Å². The molecule has 164 valence electrons. The number of hydrogen-bond acceptors (Lipinski definition) is 6. The third kappa shape index (κ3) is 6.25. The number of sulfonamides is 1. The quantitative estimate of drug-likeness (QED) is 0.608. The first kappa shape index (κ1) is 22.7. The maximum atomic E-state index is 13.7. The fourth-order valence-corrected chi connectivity index (χ4v) is 4.18. The summed E-state index contributed by atoms with van der Waals surface area (Å²) < 4.78 is 45.9. The van der Waals surface area contributed by atoms with Crippen LogP contribution in [-0.4, -0.2) is 39.3 Å². The fraction of sp³-hybridized carbons (Fsp3) is 0.250. The Hall–Kier alpha value is -2.98. The molecule has 0 saturated heterocycles. The zero-order valence-electron chi connectivity index (χ0n) is 16.2. The van der Waals surface area contributed by atoms with Crippen LogP contribution >= 0.6 is 11.6 Å². The van der Waals surface area contributed by atoms with Gasteiger partial charge in [0.15, 0.2) is 6.61 Å². The Morgan fingerprint density at radius 2 is 1.97 bits per heavy atom. The van der Waals surface area contributed by atoms with E-state index in [1.165, 1.54) is 36.4 Å². The van der Waals surface area contributed by atoms with Crippen molar-refractivity contribution in [3.8, 4) is 0 Å². The van der Waals surface area contributed by atoms with E-state index < -0.39 is 40.7 Å². The number of benzene rings is 2. The van der Waals surface area contributed by atoms with Gasteiger partial charge in [-0.15, -0.1) is 0 Å². The predicted octanol–water partition coefficient (Wildman–Crippen LogP) is 2.67. The Kier molecular flexibility index (Phi) is 7.24. The van der Waals surface area contributed by atoms with E-state index in [2.05, 4.69) is 15.0 Å². The molecule has 0 aromatic heterocycles. The lowest BCUT2D eigenvalue weighted by atomic mass is 10.1. The lowest BCUT2D eigenvalue weighted by Gasteiger charge is -2.10. The third-order valence-electron chi connectivity index (χ3n) is 4.30. The van der Waals surface area contributed by atoms with Gasteiger partial charge in [-0.25, -0.2) is 12.8 Å². The van der Waals surface area contributed by atoms with Gasteiger partial charge in [0, 0.05) is 29.2 Å². The molecule has 8 nitrogen and oxygen atoms in total. The summed E-state index contributed by atoms with van der Waals surface area (Å²) in [5.74, 6) is -1.77. The molecule has 2 aromatic carbocycles. The van der Waals surface area contributed by atoms with Crippen LogP contribution in [0.25, 0.3) is 0 Å². The summed E-state index contributed by atoms with van der Waals surface area (Å²) >= 11 is 5.86. The SMILES string of the molecule is O=C(COC(=O)Cc1c(F)cccc1Cl)Nc1cccc(S(=O)(=O)NC2=NCCC2)c1. The maximum Gasteiger partial charge on any atom is 0.310 e. The summed E-state index contributed by atoms with van der Waals surface area (Å²) in [6.45, 7) is -0.0489. The van der Waals surface area contributed by atoms with Crippen LogP contribution in [0.5, 0.6) is 0 Å². The highest BCUT2D eigenvalue weighted by Crippen LogP contribution is 2.20. The zero-order chi connectivity index (χ0) is 22.4. The standard InChI is InChI=1S/C20H19ClFN3O5S/c21-16-6-2-7-17(22)15(16)11-20(27)30-12-19(26)24-13-4-1-5-14(10-13)31(28,29)25-18-8-3-9-23-18/h1-2,4-7,10H,3,8-9,11-12H2,(H,23,25)(H,24,26). The fourth-order valence-electron chi connectivity index (χ4n) is 2.82. The smallest absolute Gasteiger partial charge is 0.310 e. The van der Waals surface area contributed by atoms with E-state index in [0.29, 0.717) is 18.8 Å². The van der Waals surface area contributed by atoms with Gasteiger partial charge >= 0.3 is 5.97 Å². The monoisotopic (exact) mass is 467 g/mol. The molecular formula is C20H19ClFN3O5S. The Morgan fingerprint density at radius 3 is 2.68 bits per heavy atom. The van der Waals surface area contributed by atoms with Crippen molar-refractivity contribution in [2.24, 2.45) is 4.99 Å². The molecule has 0 saturated carbocycles. The second-order valence-corrected chi connectivity index (χ2v) is 8.74. The first-order valence-electron chi connectivity index (χ1n) is 9.29. The number of nitrogens with one attached hydrogen (secondary N) is 2. The number of carbonyl (C=O) groups excluding carboxylic acids is 2. The second kappa shape index (κ2) is 9.88. The van der Waals surface area contributed by atoms with Gasteiger partial charge in [-0.05, 0) is 36.8 Å². The van der Waals surface area contributed by atoms with Crippen molar-refractivity contribution in [3.63, 3.8) is 0 Å². The Morgan fingerprint density at radius 1 is 1.19 bits per heavy atom. The lowest BCUT2D eigenvalue weighted by molar-refractivity contribution is -0.146. The molecule has 1 aliphatic rings. The number of anilines is 1. The Bertz CT molecular complexity index is 1120. The molecule has 2 aromatic rings. The third-order valence-corrected chi connectivity index (χ3v) is 6.03. The minimum Gasteiger partial charge on any atom is -0.455 e. The molecule has 0 fully saturated rings. The van der Waals surface area contributed by atoms with Crippen molar-refractivity contribution < 1.29 is 27.1 Å². The van der Waals surface area contributed by atoms with E-state index in [4.69, 9.17) is 16.3 Å². The van der Waals surface area contributed by atoms with Crippen LogP contribution in [0, 0.1) is 5.82 Å². The van der Waals surface area contributed by atoms with Crippen LogP contribution in [0.4, 0.5) is 10.1 Å². The first-order valence-corrected chi connectivity index (χ1v) is 11.2. The molecule has 11 heteroatoms. The van der Waals surface area contributed by atoms with Crippen molar-refractivity contribution in [2.75, 3.05) is 18.5 Å². The maximum absolute atomic E-state index is 13.7. The van der Waals surface area contributed by atoms with Gasteiger partial charge in [-0.1, -0.05) is 23.7 Å². The molecular weight excluding hydrogens is 449 g/mol. The minimum absolute atomic E-state index is 0.0214. The van der Waals surface area contributed by atoms with Gasteiger partial charge < -0.3 is 10.1 Å². The Labute approximate surface area is 183 Å². The second-order valence-electron chi connectivity index (χ2n) is 6.65. The number of nitrogens with zero attached hydrogens (tertiary/aromatic N) is 1. The van der Waals surface area contributed by atoms with Crippen LogP contribution in [0.1, 0.15) is 18.4 Å². The van der Waals surface area contributed by atoms with Gasteiger partial charge in [0.25, 0.3) is 15.9 Å². The van der Waals surface area contributed by atoms with Crippen molar-refractivity contribution in [2.45, 2.75) is 24.2 Å². The molecule has 3 rings (SSSR count). The summed E-state index contributed by atoms with van der Waals surface area (Å²) in [5.41, 5.74) is 0.182. The van der Waals surface area contributed by atoms with Crippen LogP contribution < -0.4 is 10.0 Å². The number of carbonyl (C=O) groups is 2. The summed E-state index contributed by atoms with van der Waals surface area (Å²) in [7, 11) is -3.84. The highest BCUT2D eigenvalue weighted by atomic mass is 35.5. The van der Waals surface area contributed by atoms with E-state index in [9.17, 15) is 22.4 Å². The van der Waals surface area contributed by atoms with Crippen molar-refractivity contribution >= 4 is 45.0 Å². The van der Waals surface area contributed by atoms with Gasteiger partial charge in [0.2, 0.25) is 0 Å². The summed E-state index contributed by atoms with van der Waals surface area (Å²) in [6.07, 6.45) is 0.914. The molecule has 31 heavy (non-hydrogen) atoms. The van der Waals surface area contributed by atoms with E-state index in [1.807, 2.05) is 0 Å². The first-order chi connectivity index (χ1) is 14.7. The molecule has 0 unspecified atom stereocenters. The highest BCUT2D eigenvalue weighted by molar-refractivity contribution is 7.90. The average molecular weight is 468 g/mol. The molecule has 1 amide bonds. The van der Waals surface area contributed by atoms with Crippen molar-refractivity contribution in [1.29, 1.82) is 0 Å². The largest absolute Gasteiger partial charge is 0.455 e. The van der Waals surface area contributed by atoms with E-state index in [-0.39, 0.29) is 21.2 Å². The number of rotatable bonds is 7. The summed E-state index contributed by atoms with van der Waals surface area (Å²) in [6, 6.07) is 9.62. The highest BCUT2D eigenvalue weighted by Gasteiger charge is 2.19. The summed E-state index contributed by atoms with van der Waals surface area (Å²) in [5, 5.41) is 2.53. The van der Waals surface area contributed by atoms with Crippen LogP contribution in [0.2, 0.25) is 5.02 Å². The van der Waals surface area contributed by atoms with Gasteiger partial charge in [0.05, 0.1) is 11.3 Å². The van der Waals surface area contributed by atoms with Crippen molar-refractivity contribution in [3.05, 3.63) is 58.9 Å².